The first-order valence-electron chi connectivity index (χ1n) is 7.12. The Morgan fingerprint density at radius 1 is 1.37 bits per heavy atom. The van der Waals surface area contributed by atoms with Crippen molar-refractivity contribution in [3.63, 3.8) is 0 Å². The second-order valence-electron chi connectivity index (χ2n) is 5.72. The van der Waals surface area contributed by atoms with Crippen LogP contribution in [0.25, 0.3) is 0 Å². The topological polar surface area (TPSA) is 15.3 Å². The van der Waals surface area contributed by atoms with Gasteiger partial charge < -0.3 is 10.2 Å². The van der Waals surface area contributed by atoms with Gasteiger partial charge in [0, 0.05) is 24.5 Å². The first kappa shape index (κ1) is 17.0. The molecule has 1 atom stereocenters. The van der Waals surface area contributed by atoms with Crippen molar-refractivity contribution in [3.05, 3.63) is 21.3 Å². The molecule has 0 aliphatic rings. The van der Waals surface area contributed by atoms with Crippen LogP contribution in [0.1, 0.15) is 38.5 Å². The lowest BCUT2D eigenvalue weighted by Gasteiger charge is -2.33. The number of hydrogen-bond donors (Lipinski definition) is 1. The van der Waals surface area contributed by atoms with E-state index in [1.807, 2.05) is 6.07 Å². The summed E-state index contributed by atoms with van der Waals surface area (Å²) in [4.78, 5) is 3.74. The van der Waals surface area contributed by atoms with Gasteiger partial charge in [-0.1, -0.05) is 32.4 Å². The van der Waals surface area contributed by atoms with Crippen LogP contribution in [0.2, 0.25) is 4.34 Å². The summed E-state index contributed by atoms with van der Waals surface area (Å²) < 4.78 is 0.881. The summed E-state index contributed by atoms with van der Waals surface area (Å²) in [5.74, 6) is 0. The van der Waals surface area contributed by atoms with Crippen LogP contribution in [0.3, 0.4) is 0 Å². The molecule has 0 aliphatic heterocycles. The Kier molecular flexibility index (Phi) is 7.37. The van der Waals surface area contributed by atoms with Crippen LogP contribution in [-0.4, -0.2) is 31.6 Å². The standard InChI is InChI=1S/C15H27ClN2S/c1-5-9-17-11-15(3,6-2)12-18(4)10-13-7-8-14(16)19-13/h7-8,17H,5-6,9-12H2,1-4H3. The third-order valence-corrected chi connectivity index (χ3v) is 4.75. The molecule has 19 heavy (non-hydrogen) atoms. The largest absolute Gasteiger partial charge is 0.316 e. The van der Waals surface area contributed by atoms with Crippen molar-refractivity contribution < 1.29 is 0 Å². The molecule has 4 heteroatoms. The Morgan fingerprint density at radius 2 is 2.11 bits per heavy atom. The van der Waals surface area contributed by atoms with E-state index >= 15 is 0 Å². The van der Waals surface area contributed by atoms with E-state index < -0.39 is 0 Å². The van der Waals surface area contributed by atoms with Crippen molar-refractivity contribution in [2.75, 3.05) is 26.7 Å². The van der Waals surface area contributed by atoms with Crippen LogP contribution < -0.4 is 5.32 Å². The fraction of sp³-hybridized carbons (Fsp3) is 0.733. The third kappa shape index (κ3) is 6.26. The first-order valence-corrected chi connectivity index (χ1v) is 8.32. The van der Waals surface area contributed by atoms with Gasteiger partial charge in [0.2, 0.25) is 0 Å². The Hall–Kier alpha value is -0.0900. The molecule has 0 radical (unpaired) electrons. The molecule has 2 nitrogen and oxygen atoms in total. The van der Waals surface area contributed by atoms with Crippen molar-refractivity contribution in [3.8, 4) is 0 Å². The van der Waals surface area contributed by atoms with Crippen molar-refractivity contribution in [2.45, 2.75) is 40.2 Å². The molecule has 0 spiro atoms. The van der Waals surface area contributed by atoms with Gasteiger partial charge in [0.1, 0.15) is 0 Å². The zero-order valence-electron chi connectivity index (χ0n) is 12.6. The Morgan fingerprint density at radius 3 is 2.63 bits per heavy atom. The minimum Gasteiger partial charge on any atom is -0.316 e. The summed E-state index contributed by atoms with van der Waals surface area (Å²) in [5.41, 5.74) is 0.338. The molecule has 0 amide bonds. The molecule has 1 N–H and O–H groups in total. The van der Waals surface area contributed by atoms with Crippen molar-refractivity contribution >= 4 is 22.9 Å². The second-order valence-corrected chi connectivity index (χ2v) is 7.52. The Balaban J connectivity index is 2.45. The van der Waals surface area contributed by atoms with Gasteiger partial charge in [-0.25, -0.2) is 0 Å². The van der Waals surface area contributed by atoms with Crippen molar-refractivity contribution in [1.29, 1.82) is 0 Å². The highest BCUT2D eigenvalue weighted by Crippen LogP contribution is 2.25. The molecule has 0 saturated carbocycles. The molecule has 0 fully saturated rings. The van der Waals surface area contributed by atoms with E-state index in [1.165, 1.54) is 17.7 Å². The van der Waals surface area contributed by atoms with E-state index in [0.717, 1.165) is 30.5 Å². The lowest BCUT2D eigenvalue weighted by Crippen LogP contribution is -2.40. The smallest absolute Gasteiger partial charge is 0.0931 e. The van der Waals surface area contributed by atoms with Gasteiger partial charge >= 0.3 is 0 Å². The van der Waals surface area contributed by atoms with Crippen molar-refractivity contribution in [1.82, 2.24) is 10.2 Å². The van der Waals surface area contributed by atoms with E-state index in [-0.39, 0.29) is 0 Å². The number of hydrogen-bond acceptors (Lipinski definition) is 3. The van der Waals surface area contributed by atoms with E-state index in [0.29, 0.717) is 5.41 Å². The Labute approximate surface area is 127 Å². The van der Waals surface area contributed by atoms with Gasteiger partial charge in [-0.3, -0.25) is 0 Å². The van der Waals surface area contributed by atoms with Gasteiger partial charge in [-0.2, -0.15) is 0 Å². The average molecular weight is 303 g/mol. The maximum atomic E-state index is 5.98. The van der Waals surface area contributed by atoms with Gasteiger partial charge in [-0.05, 0) is 44.0 Å². The first-order chi connectivity index (χ1) is 8.99. The third-order valence-electron chi connectivity index (χ3n) is 3.54. The highest BCUT2D eigenvalue weighted by atomic mass is 35.5. The number of rotatable bonds is 9. The van der Waals surface area contributed by atoms with Gasteiger partial charge in [0.15, 0.2) is 0 Å². The summed E-state index contributed by atoms with van der Waals surface area (Å²) in [6, 6.07) is 4.11. The van der Waals surface area contributed by atoms with Gasteiger partial charge in [-0.15, -0.1) is 11.3 Å². The maximum Gasteiger partial charge on any atom is 0.0931 e. The second kappa shape index (κ2) is 8.25. The zero-order chi connectivity index (χ0) is 14.3. The summed E-state index contributed by atoms with van der Waals surface area (Å²) in [5, 5.41) is 3.55. The molecule has 0 aliphatic carbocycles. The molecule has 1 rings (SSSR count). The Bertz CT molecular complexity index is 367. The van der Waals surface area contributed by atoms with Crippen LogP contribution in [0, 0.1) is 5.41 Å². The molecule has 1 aromatic heterocycles. The number of halogens is 1. The quantitative estimate of drug-likeness (QED) is 0.686. The predicted octanol–water partition coefficient (Wildman–Crippen LogP) is 4.25. The molecule has 0 aromatic carbocycles. The summed E-state index contributed by atoms with van der Waals surface area (Å²) in [7, 11) is 2.20. The van der Waals surface area contributed by atoms with Gasteiger partial charge in [0.05, 0.1) is 4.34 Å². The fourth-order valence-electron chi connectivity index (χ4n) is 2.27. The molecule has 1 aromatic rings. The molecule has 1 heterocycles. The SMILES string of the molecule is CCCNCC(C)(CC)CN(C)Cc1ccc(Cl)s1. The lowest BCUT2D eigenvalue weighted by atomic mass is 9.87. The minimum atomic E-state index is 0.338. The number of nitrogens with zero attached hydrogens (tertiary/aromatic N) is 1. The highest BCUT2D eigenvalue weighted by Gasteiger charge is 2.23. The monoisotopic (exact) mass is 302 g/mol. The van der Waals surface area contributed by atoms with Crippen LogP contribution in [-0.2, 0) is 6.54 Å². The highest BCUT2D eigenvalue weighted by molar-refractivity contribution is 7.16. The van der Waals surface area contributed by atoms with E-state index in [4.69, 9.17) is 11.6 Å². The number of nitrogens with one attached hydrogen (secondary N) is 1. The lowest BCUT2D eigenvalue weighted by molar-refractivity contribution is 0.176. The predicted molar refractivity (Wildman–Crippen MR) is 87.2 cm³/mol. The number of thiophene rings is 1. The minimum absolute atomic E-state index is 0.338. The van der Waals surface area contributed by atoms with E-state index in [9.17, 15) is 0 Å². The van der Waals surface area contributed by atoms with Crippen LogP contribution in [0.4, 0.5) is 0 Å². The zero-order valence-corrected chi connectivity index (χ0v) is 14.2. The molecule has 0 bridgehead atoms. The van der Waals surface area contributed by atoms with E-state index in [2.05, 4.69) is 44.1 Å². The maximum absolute atomic E-state index is 5.98. The van der Waals surface area contributed by atoms with Crippen LogP contribution in [0.15, 0.2) is 12.1 Å². The van der Waals surface area contributed by atoms with E-state index in [1.54, 1.807) is 11.3 Å². The van der Waals surface area contributed by atoms with Crippen LogP contribution >= 0.6 is 22.9 Å². The molecular weight excluding hydrogens is 276 g/mol. The average Bonchev–Trinajstić information content (AvgIpc) is 2.74. The van der Waals surface area contributed by atoms with Crippen molar-refractivity contribution in [2.24, 2.45) is 5.41 Å². The molecule has 0 saturated heterocycles. The fourth-order valence-corrected chi connectivity index (χ4v) is 3.44. The van der Waals surface area contributed by atoms with Crippen LogP contribution in [0.5, 0.6) is 0 Å². The summed E-state index contributed by atoms with van der Waals surface area (Å²) in [6.45, 7) is 11.2. The summed E-state index contributed by atoms with van der Waals surface area (Å²) in [6.07, 6.45) is 2.39. The molecule has 110 valence electrons. The normalized spacial score (nSPS) is 14.8. The van der Waals surface area contributed by atoms with Gasteiger partial charge in [0.25, 0.3) is 0 Å². The molecular formula is C15H27ClN2S. The summed E-state index contributed by atoms with van der Waals surface area (Å²) >= 11 is 7.66. The molecule has 1 unspecified atom stereocenters.